The largest absolute Gasteiger partial charge is 0.481 e. The summed E-state index contributed by atoms with van der Waals surface area (Å²) in [6.07, 6.45) is -0.0707. The fourth-order valence-electron chi connectivity index (χ4n) is 3.55. The Kier molecular flexibility index (Phi) is 5.59. The number of fused-ring (bicyclic) bond motifs is 2. The van der Waals surface area contributed by atoms with Crippen LogP contribution in [0.15, 0.2) is 65.5 Å². The Morgan fingerprint density at radius 1 is 1.07 bits per heavy atom. The Balaban J connectivity index is 1.53. The SMILES string of the molecule is CCC(Oc1ccc2ccccc2c1)C(=O)Nc1ccc2c(c1)sc(=O)n2C(C)C. The maximum Gasteiger partial charge on any atom is 0.308 e. The third-order valence-corrected chi connectivity index (χ3v) is 5.98. The zero-order chi connectivity index (χ0) is 21.3. The molecule has 0 bridgehead atoms. The Morgan fingerprint density at radius 2 is 1.83 bits per heavy atom. The second-order valence-electron chi connectivity index (χ2n) is 7.53. The van der Waals surface area contributed by atoms with E-state index >= 15 is 0 Å². The lowest BCUT2D eigenvalue weighted by atomic mass is 10.1. The fraction of sp³-hybridized carbons (Fsp3) is 0.250. The molecule has 3 aromatic carbocycles. The minimum absolute atomic E-state index is 0.00884. The summed E-state index contributed by atoms with van der Waals surface area (Å²) in [4.78, 5) is 25.1. The van der Waals surface area contributed by atoms with Crippen molar-refractivity contribution < 1.29 is 9.53 Å². The molecule has 1 amide bonds. The van der Waals surface area contributed by atoms with Crippen LogP contribution < -0.4 is 14.9 Å². The first-order valence-electron chi connectivity index (χ1n) is 10.1. The van der Waals surface area contributed by atoms with E-state index in [0.717, 1.165) is 21.0 Å². The molecule has 0 spiro atoms. The number of hydrogen-bond acceptors (Lipinski definition) is 4. The number of ether oxygens (including phenoxy) is 1. The van der Waals surface area contributed by atoms with Crippen LogP contribution in [0, 0.1) is 0 Å². The maximum atomic E-state index is 12.8. The third-order valence-electron chi connectivity index (χ3n) is 5.06. The molecule has 0 fully saturated rings. The highest BCUT2D eigenvalue weighted by atomic mass is 32.1. The van der Waals surface area contributed by atoms with Crippen molar-refractivity contribution in [2.75, 3.05) is 5.32 Å². The minimum Gasteiger partial charge on any atom is -0.481 e. The number of anilines is 1. The molecule has 5 nitrogen and oxygen atoms in total. The number of nitrogens with zero attached hydrogens (tertiary/aromatic N) is 1. The number of carbonyl (C=O) groups is 1. The highest BCUT2D eigenvalue weighted by Crippen LogP contribution is 2.25. The molecule has 6 heteroatoms. The molecule has 1 unspecified atom stereocenters. The lowest BCUT2D eigenvalue weighted by Crippen LogP contribution is -2.32. The van der Waals surface area contributed by atoms with Gasteiger partial charge in [0.1, 0.15) is 5.75 Å². The number of aromatic nitrogens is 1. The maximum absolute atomic E-state index is 12.8. The summed E-state index contributed by atoms with van der Waals surface area (Å²) >= 11 is 1.19. The first kappa shape index (κ1) is 20.2. The summed E-state index contributed by atoms with van der Waals surface area (Å²) in [5.41, 5.74) is 1.54. The zero-order valence-electron chi connectivity index (χ0n) is 17.2. The summed E-state index contributed by atoms with van der Waals surface area (Å²) in [6.45, 7) is 5.89. The minimum atomic E-state index is -0.610. The molecule has 0 saturated carbocycles. The van der Waals surface area contributed by atoms with Gasteiger partial charge in [0.15, 0.2) is 6.10 Å². The van der Waals surface area contributed by atoms with Crippen LogP contribution in [0.4, 0.5) is 5.69 Å². The van der Waals surface area contributed by atoms with Gasteiger partial charge in [-0.1, -0.05) is 48.6 Å². The summed E-state index contributed by atoms with van der Waals surface area (Å²) in [5, 5.41) is 5.13. The second-order valence-corrected chi connectivity index (χ2v) is 8.52. The number of hydrogen-bond donors (Lipinski definition) is 1. The summed E-state index contributed by atoms with van der Waals surface area (Å²) in [6, 6.07) is 19.5. The smallest absolute Gasteiger partial charge is 0.308 e. The van der Waals surface area contributed by atoms with E-state index in [-0.39, 0.29) is 16.8 Å². The zero-order valence-corrected chi connectivity index (χ0v) is 18.0. The van der Waals surface area contributed by atoms with Gasteiger partial charge in [0, 0.05) is 11.7 Å². The van der Waals surface area contributed by atoms with E-state index in [2.05, 4.69) is 5.32 Å². The first-order chi connectivity index (χ1) is 14.5. The average Bonchev–Trinajstić information content (AvgIpc) is 3.06. The van der Waals surface area contributed by atoms with E-state index in [1.165, 1.54) is 11.3 Å². The van der Waals surface area contributed by atoms with Crippen molar-refractivity contribution >= 4 is 43.9 Å². The molecule has 0 aliphatic heterocycles. The monoisotopic (exact) mass is 420 g/mol. The molecule has 1 aromatic heterocycles. The molecule has 1 atom stereocenters. The van der Waals surface area contributed by atoms with Crippen LogP contribution in [-0.4, -0.2) is 16.6 Å². The Morgan fingerprint density at radius 3 is 2.57 bits per heavy atom. The van der Waals surface area contributed by atoms with Gasteiger partial charge in [-0.3, -0.25) is 14.2 Å². The number of thiazole rings is 1. The van der Waals surface area contributed by atoms with Crippen molar-refractivity contribution in [1.82, 2.24) is 4.57 Å². The van der Waals surface area contributed by atoms with Gasteiger partial charge in [0.25, 0.3) is 5.91 Å². The van der Waals surface area contributed by atoms with E-state index in [1.807, 2.05) is 81.4 Å². The van der Waals surface area contributed by atoms with Gasteiger partial charge in [-0.15, -0.1) is 0 Å². The van der Waals surface area contributed by atoms with Crippen molar-refractivity contribution in [2.45, 2.75) is 39.3 Å². The van der Waals surface area contributed by atoms with Crippen LogP contribution in [-0.2, 0) is 4.79 Å². The number of amides is 1. The normalized spacial score (nSPS) is 12.4. The van der Waals surface area contributed by atoms with Gasteiger partial charge in [0.2, 0.25) is 0 Å². The van der Waals surface area contributed by atoms with Crippen LogP contribution in [0.1, 0.15) is 33.2 Å². The van der Waals surface area contributed by atoms with Crippen LogP contribution in [0.2, 0.25) is 0 Å². The first-order valence-corrected chi connectivity index (χ1v) is 10.9. The molecule has 1 N–H and O–H groups in total. The molecule has 0 radical (unpaired) electrons. The van der Waals surface area contributed by atoms with Gasteiger partial charge >= 0.3 is 4.87 Å². The van der Waals surface area contributed by atoms with E-state index < -0.39 is 6.10 Å². The molecular formula is C24H24N2O3S. The molecule has 154 valence electrons. The van der Waals surface area contributed by atoms with Crippen molar-refractivity contribution in [3.05, 3.63) is 70.3 Å². The molecule has 4 aromatic rings. The summed E-state index contributed by atoms with van der Waals surface area (Å²) < 4.78 is 8.61. The van der Waals surface area contributed by atoms with Gasteiger partial charge < -0.3 is 10.1 Å². The lowest BCUT2D eigenvalue weighted by molar-refractivity contribution is -0.122. The van der Waals surface area contributed by atoms with E-state index in [4.69, 9.17) is 4.74 Å². The van der Waals surface area contributed by atoms with Crippen LogP contribution in [0.25, 0.3) is 21.0 Å². The highest BCUT2D eigenvalue weighted by molar-refractivity contribution is 7.16. The second kappa shape index (κ2) is 8.32. The van der Waals surface area contributed by atoms with Crippen LogP contribution in [0.5, 0.6) is 5.75 Å². The lowest BCUT2D eigenvalue weighted by Gasteiger charge is -2.18. The highest BCUT2D eigenvalue weighted by Gasteiger charge is 2.19. The number of carbonyl (C=O) groups excluding carboxylic acids is 1. The van der Waals surface area contributed by atoms with Crippen LogP contribution >= 0.6 is 11.3 Å². The quantitative estimate of drug-likeness (QED) is 0.442. The molecule has 30 heavy (non-hydrogen) atoms. The molecule has 0 aliphatic carbocycles. The Bertz CT molecular complexity index is 1270. The van der Waals surface area contributed by atoms with Crippen molar-refractivity contribution in [3.63, 3.8) is 0 Å². The fourth-order valence-corrected chi connectivity index (χ4v) is 4.61. The van der Waals surface area contributed by atoms with Gasteiger partial charge in [0.05, 0.1) is 10.2 Å². The molecule has 0 aliphatic rings. The number of benzene rings is 3. The number of rotatable bonds is 6. The third kappa shape index (κ3) is 3.96. The number of nitrogens with one attached hydrogen (secondary N) is 1. The Hall–Kier alpha value is -3.12. The predicted molar refractivity (Wildman–Crippen MR) is 124 cm³/mol. The van der Waals surface area contributed by atoms with Crippen LogP contribution in [0.3, 0.4) is 0 Å². The van der Waals surface area contributed by atoms with Crippen molar-refractivity contribution in [1.29, 1.82) is 0 Å². The van der Waals surface area contributed by atoms with E-state index in [9.17, 15) is 9.59 Å². The molecule has 0 saturated heterocycles. The predicted octanol–water partition coefficient (Wildman–Crippen LogP) is 5.59. The molecular weight excluding hydrogens is 396 g/mol. The van der Waals surface area contributed by atoms with Crippen molar-refractivity contribution in [3.8, 4) is 5.75 Å². The summed E-state index contributed by atoms with van der Waals surface area (Å²) in [7, 11) is 0. The van der Waals surface area contributed by atoms with E-state index in [1.54, 1.807) is 4.57 Å². The molecule has 1 heterocycles. The van der Waals surface area contributed by atoms with E-state index in [0.29, 0.717) is 17.9 Å². The average molecular weight is 421 g/mol. The summed E-state index contributed by atoms with van der Waals surface area (Å²) in [5.74, 6) is 0.457. The topological polar surface area (TPSA) is 60.3 Å². The van der Waals surface area contributed by atoms with Crippen molar-refractivity contribution in [2.24, 2.45) is 0 Å². The molecule has 4 rings (SSSR count). The van der Waals surface area contributed by atoms with Gasteiger partial charge in [-0.2, -0.15) is 0 Å². The standard InChI is InChI=1S/C24H24N2O3S/c1-4-21(29-19-11-9-16-7-5-6-8-17(16)13-19)23(27)25-18-10-12-20-22(14-18)30-24(28)26(20)15(2)3/h5-15,21H,4H2,1-3H3,(H,25,27). The Labute approximate surface area is 178 Å². The van der Waals surface area contributed by atoms with Gasteiger partial charge in [-0.05, 0) is 61.4 Å². The van der Waals surface area contributed by atoms with Gasteiger partial charge in [-0.25, -0.2) is 0 Å².